The Balaban J connectivity index is 1.67. The lowest BCUT2D eigenvalue weighted by molar-refractivity contribution is 0.0959. The maximum absolute atomic E-state index is 12.5. The SMILES string of the molecule is CNc1nccc(-c2cc(N)c(C(=O)NCCc3ccc(Cl)cc3Cl)s2)n1. The average molecular weight is 422 g/mol. The van der Waals surface area contributed by atoms with Crippen LogP contribution in [0.2, 0.25) is 10.0 Å². The van der Waals surface area contributed by atoms with Crippen molar-refractivity contribution in [3.63, 3.8) is 0 Å². The standard InChI is InChI=1S/C18H17Cl2N5OS/c1-22-18-24-7-5-14(25-18)15-9-13(21)16(27-15)17(26)23-6-4-10-2-3-11(19)8-12(10)20/h2-3,5,7-9H,4,6,21H2,1H3,(H,23,26)(H,22,24,25). The number of nitrogens with zero attached hydrogens (tertiary/aromatic N) is 2. The van der Waals surface area contributed by atoms with Gasteiger partial charge in [-0.05, 0) is 36.2 Å². The maximum Gasteiger partial charge on any atom is 0.263 e. The molecule has 6 nitrogen and oxygen atoms in total. The fraction of sp³-hybridized carbons (Fsp3) is 0.167. The fourth-order valence-corrected chi connectivity index (χ4v) is 3.91. The Bertz CT molecular complexity index is 976. The molecule has 0 aliphatic carbocycles. The van der Waals surface area contributed by atoms with Crippen LogP contribution in [-0.4, -0.2) is 29.5 Å². The minimum atomic E-state index is -0.225. The first-order valence-corrected chi connectivity index (χ1v) is 9.67. The summed E-state index contributed by atoms with van der Waals surface area (Å²) in [6.07, 6.45) is 2.25. The van der Waals surface area contributed by atoms with Crippen LogP contribution in [0, 0.1) is 0 Å². The highest BCUT2D eigenvalue weighted by Gasteiger charge is 2.16. The first-order chi connectivity index (χ1) is 13.0. The third kappa shape index (κ3) is 4.68. The van der Waals surface area contributed by atoms with E-state index in [1.165, 1.54) is 11.3 Å². The van der Waals surface area contributed by atoms with Gasteiger partial charge >= 0.3 is 0 Å². The summed E-state index contributed by atoms with van der Waals surface area (Å²) in [5.74, 6) is 0.280. The van der Waals surface area contributed by atoms with Crippen LogP contribution in [0.5, 0.6) is 0 Å². The van der Waals surface area contributed by atoms with Gasteiger partial charge < -0.3 is 16.4 Å². The van der Waals surface area contributed by atoms with E-state index in [2.05, 4.69) is 20.6 Å². The molecule has 140 valence electrons. The number of halogens is 2. The van der Waals surface area contributed by atoms with Crippen molar-refractivity contribution in [1.29, 1.82) is 0 Å². The van der Waals surface area contributed by atoms with Crippen LogP contribution in [0.1, 0.15) is 15.2 Å². The number of hydrogen-bond donors (Lipinski definition) is 3. The number of benzene rings is 1. The predicted molar refractivity (Wildman–Crippen MR) is 112 cm³/mol. The van der Waals surface area contributed by atoms with E-state index < -0.39 is 0 Å². The number of aromatic nitrogens is 2. The van der Waals surface area contributed by atoms with Gasteiger partial charge in [-0.2, -0.15) is 0 Å². The van der Waals surface area contributed by atoms with E-state index in [1.54, 1.807) is 37.5 Å². The fourth-order valence-electron chi connectivity index (χ4n) is 2.44. The second-order valence-electron chi connectivity index (χ2n) is 5.65. The molecule has 0 saturated heterocycles. The normalized spacial score (nSPS) is 10.6. The van der Waals surface area contributed by atoms with Gasteiger partial charge in [0.1, 0.15) is 4.88 Å². The molecule has 0 atom stereocenters. The number of nitrogens with two attached hydrogens (primary N) is 1. The highest BCUT2D eigenvalue weighted by molar-refractivity contribution is 7.18. The van der Waals surface area contributed by atoms with Crippen molar-refractivity contribution >= 4 is 52.1 Å². The van der Waals surface area contributed by atoms with Crippen LogP contribution >= 0.6 is 34.5 Å². The summed E-state index contributed by atoms with van der Waals surface area (Å²) in [5, 5.41) is 6.92. The first-order valence-electron chi connectivity index (χ1n) is 8.10. The van der Waals surface area contributed by atoms with Crippen molar-refractivity contribution in [2.75, 3.05) is 24.6 Å². The maximum atomic E-state index is 12.5. The van der Waals surface area contributed by atoms with Crippen molar-refractivity contribution in [2.24, 2.45) is 0 Å². The largest absolute Gasteiger partial charge is 0.397 e. The summed E-state index contributed by atoms with van der Waals surface area (Å²) in [6.45, 7) is 0.435. The van der Waals surface area contributed by atoms with E-state index in [-0.39, 0.29) is 5.91 Å². The number of rotatable bonds is 6. The molecule has 2 aromatic heterocycles. The smallest absolute Gasteiger partial charge is 0.263 e. The van der Waals surface area contributed by atoms with Crippen molar-refractivity contribution in [2.45, 2.75) is 6.42 Å². The number of thiophene rings is 1. The third-order valence-corrected chi connectivity index (χ3v) is 5.55. The molecule has 3 rings (SSSR count). The predicted octanol–water partition coefficient (Wildman–Crippen LogP) is 4.11. The molecule has 1 aromatic carbocycles. The number of anilines is 2. The molecule has 1 amide bonds. The van der Waals surface area contributed by atoms with Crippen molar-refractivity contribution in [3.8, 4) is 10.6 Å². The van der Waals surface area contributed by atoms with Gasteiger partial charge in [0.15, 0.2) is 0 Å². The molecular formula is C18H17Cl2N5OS. The Morgan fingerprint density at radius 3 is 2.81 bits per heavy atom. The molecule has 2 heterocycles. The minimum Gasteiger partial charge on any atom is -0.397 e. The van der Waals surface area contributed by atoms with Gasteiger partial charge in [0.25, 0.3) is 5.91 Å². The summed E-state index contributed by atoms with van der Waals surface area (Å²) in [6, 6.07) is 8.83. The molecule has 4 N–H and O–H groups in total. The molecule has 27 heavy (non-hydrogen) atoms. The van der Waals surface area contributed by atoms with Gasteiger partial charge in [-0.15, -0.1) is 11.3 Å². The molecule has 0 fully saturated rings. The molecule has 0 aliphatic rings. The molecule has 3 aromatic rings. The van der Waals surface area contributed by atoms with E-state index in [1.807, 2.05) is 6.07 Å². The topological polar surface area (TPSA) is 92.9 Å². The molecule has 0 unspecified atom stereocenters. The number of hydrogen-bond acceptors (Lipinski definition) is 6. The second kappa shape index (κ2) is 8.56. The number of nitrogen functional groups attached to an aromatic ring is 1. The quantitative estimate of drug-likeness (QED) is 0.556. The van der Waals surface area contributed by atoms with E-state index in [0.717, 1.165) is 10.4 Å². The highest BCUT2D eigenvalue weighted by atomic mass is 35.5. The average Bonchev–Trinajstić information content (AvgIpc) is 3.05. The van der Waals surface area contributed by atoms with Gasteiger partial charge in [-0.25, -0.2) is 9.97 Å². The third-order valence-electron chi connectivity index (χ3n) is 3.79. The number of amides is 1. The zero-order valence-electron chi connectivity index (χ0n) is 14.4. The van der Waals surface area contributed by atoms with Crippen LogP contribution in [-0.2, 0) is 6.42 Å². The van der Waals surface area contributed by atoms with Crippen LogP contribution in [0.4, 0.5) is 11.6 Å². The van der Waals surface area contributed by atoms with Gasteiger partial charge in [-0.3, -0.25) is 4.79 Å². The number of carbonyl (C=O) groups is 1. The highest BCUT2D eigenvalue weighted by Crippen LogP contribution is 2.32. The Morgan fingerprint density at radius 2 is 2.07 bits per heavy atom. The number of nitrogens with one attached hydrogen (secondary N) is 2. The summed E-state index contributed by atoms with van der Waals surface area (Å²) in [4.78, 5) is 22.2. The molecule has 0 radical (unpaired) electrons. The van der Waals surface area contributed by atoms with Crippen molar-refractivity contribution in [1.82, 2.24) is 15.3 Å². The van der Waals surface area contributed by atoms with Crippen LogP contribution in [0.3, 0.4) is 0 Å². The van der Waals surface area contributed by atoms with Crippen molar-refractivity contribution in [3.05, 3.63) is 57.0 Å². The van der Waals surface area contributed by atoms with Crippen LogP contribution < -0.4 is 16.4 Å². The van der Waals surface area contributed by atoms with E-state index in [0.29, 0.717) is 45.2 Å². The molecule has 0 aliphatic heterocycles. The van der Waals surface area contributed by atoms with Gasteiger partial charge in [-0.1, -0.05) is 29.3 Å². The van der Waals surface area contributed by atoms with E-state index in [9.17, 15) is 4.79 Å². The van der Waals surface area contributed by atoms with Crippen molar-refractivity contribution < 1.29 is 4.79 Å². The van der Waals surface area contributed by atoms with Gasteiger partial charge in [0, 0.05) is 29.8 Å². The van der Waals surface area contributed by atoms with Gasteiger partial charge in [0.2, 0.25) is 5.95 Å². The molecule has 9 heteroatoms. The lowest BCUT2D eigenvalue weighted by Crippen LogP contribution is -2.25. The number of carbonyl (C=O) groups excluding carboxylic acids is 1. The molecule has 0 bridgehead atoms. The van der Waals surface area contributed by atoms with Crippen LogP contribution in [0.25, 0.3) is 10.6 Å². The minimum absolute atomic E-state index is 0.225. The zero-order chi connectivity index (χ0) is 19.4. The summed E-state index contributed by atoms with van der Waals surface area (Å²) < 4.78 is 0. The molecule has 0 saturated carbocycles. The summed E-state index contributed by atoms with van der Waals surface area (Å²) >= 11 is 13.3. The molecular weight excluding hydrogens is 405 g/mol. The summed E-state index contributed by atoms with van der Waals surface area (Å²) in [5.41, 5.74) is 8.07. The Kier molecular flexibility index (Phi) is 6.15. The zero-order valence-corrected chi connectivity index (χ0v) is 16.8. The van der Waals surface area contributed by atoms with Gasteiger partial charge in [0.05, 0.1) is 16.3 Å². The first kappa shape index (κ1) is 19.4. The molecule has 0 spiro atoms. The van der Waals surface area contributed by atoms with E-state index in [4.69, 9.17) is 28.9 Å². The second-order valence-corrected chi connectivity index (χ2v) is 7.55. The Morgan fingerprint density at radius 1 is 1.26 bits per heavy atom. The monoisotopic (exact) mass is 421 g/mol. The summed E-state index contributed by atoms with van der Waals surface area (Å²) in [7, 11) is 1.74. The lowest BCUT2D eigenvalue weighted by atomic mass is 10.1. The Labute approximate surface area is 170 Å². The van der Waals surface area contributed by atoms with E-state index >= 15 is 0 Å². The van der Waals surface area contributed by atoms with Crippen LogP contribution in [0.15, 0.2) is 36.5 Å². The lowest BCUT2D eigenvalue weighted by Gasteiger charge is -2.06. The Hall–Kier alpha value is -2.35.